The van der Waals surface area contributed by atoms with Crippen molar-refractivity contribution in [2.45, 2.75) is 110 Å². The van der Waals surface area contributed by atoms with E-state index in [4.69, 9.17) is 14.7 Å². The molecule has 4 fully saturated rings. The third-order valence-corrected chi connectivity index (χ3v) is 13.0. The molecule has 2 aliphatic heterocycles. The van der Waals surface area contributed by atoms with Crippen molar-refractivity contribution >= 4 is 23.0 Å². The zero-order valence-electron chi connectivity index (χ0n) is 32.4. The zero-order chi connectivity index (χ0) is 38.2. The van der Waals surface area contributed by atoms with E-state index in [9.17, 15) is 14.7 Å². The number of nitrogens with one attached hydrogen (secondary N) is 2. The van der Waals surface area contributed by atoms with Gasteiger partial charge in [-0.3, -0.25) is 9.80 Å². The van der Waals surface area contributed by atoms with Gasteiger partial charge in [0.2, 0.25) is 0 Å². The van der Waals surface area contributed by atoms with Gasteiger partial charge in [-0.15, -0.1) is 0 Å². The molecule has 6 atom stereocenters. The van der Waals surface area contributed by atoms with Crippen LogP contribution in [0.25, 0.3) is 44.4 Å². The molecule has 0 bridgehead atoms. The highest BCUT2D eigenvalue weighted by atomic mass is 16.6. The van der Waals surface area contributed by atoms with Crippen LogP contribution in [0.15, 0.2) is 73.1 Å². The summed E-state index contributed by atoms with van der Waals surface area (Å²) in [5.74, 6) is 1.51. The van der Waals surface area contributed by atoms with Gasteiger partial charge in [-0.1, -0.05) is 83.1 Å². The minimum atomic E-state index is -0.876. The second kappa shape index (κ2) is 11.2. The minimum absolute atomic E-state index is 0.0477. The molecule has 2 aliphatic carbocycles. The lowest BCUT2D eigenvalue weighted by Gasteiger charge is -2.40. The second-order valence-electron chi connectivity index (χ2n) is 18.9. The fraction of sp³-hybridized carbons (Fsp3) is 0.455. The Labute approximate surface area is 316 Å². The molecule has 2 aromatic heterocycles. The summed E-state index contributed by atoms with van der Waals surface area (Å²) in [4.78, 5) is 46.1. The Bertz CT molecular complexity index is 2330. The number of carbonyl (C=O) groups is 2. The highest BCUT2D eigenvalue weighted by Crippen LogP contribution is 2.76. The van der Waals surface area contributed by atoms with Gasteiger partial charge in [-0.25, -0.2) is 19.6 Å². The first kappa shape index (κ1) is 34.6. The van der Waals surface area contributed by atoms with E-state index >= 15 is 0 Å². The van der Waals surface area contributed by atoms with E-state index in [0.717, 1.165) is 75.9 Å². The number of ether oxygens (including phenoxy) is 1. The monoisotopic (exact) mass is 726 g/mol. The van der Waals surface area contributed by atoms with Crippen LogP contribution in [0, 0.1) is 16.2 Å². The quantitative estimate of drug-likeness (QED) is 0.165. The summed E-state index contributed by atoms with van der Waals surface area (Å²) in [5.41, 5.74) is 4.84. The highest BCUT2D eigenvalue weighted by molar-refractivity contribution is 5.90. The number of fused-ring (bicyclic) bond motifs is 3. The van der Waals surface area contributed by atoms with Gasteiger partial charge in [0, 0.05) is 29.6 Å². The molecule has 10 nitrogen and oxygen atoms in total. The smallest absolute Gasteiger partial charge is 0.411 e. The first-order valence-electron chi connectivity index (χ1n) is 19.2. The van der Waals surface area contributed by atoms with Gasteiger partial charge >= 0.3 is 12.2 Å². The van der Waals surface area contributed by atoms with E-state index in [1.807, 2.05) is 38.1 Å². The van der Waals surface area contributed by atoms with E-state index < -0.39 is 11.7 Å². The fourth-order valence-corrected chi connectivity index (χ4v) is 10.3. The molecule has 4 aliphatic rings. The molecule has 9 rings (SSSR count). The van der Waals surface area contributed by atoms with Crippen LogP contribution in [0.4, 0.5) is 9.59 Å². The topological polar surface area (TPSA) is 127 Å². The Morgan fingerprint density at radius 1 is 0.759 bits per heavy atom. The van der Waals surface area contributed by atoms with Crippen LogP contribution in [-0.2, 0) is 4.74 Å². The summed E-state index contributed by atoms with van der Waals surface area (Å²) < 4.78 is 5.79. The van der Waals surface area contributed by atoms with Crippen molar-refractivity contribution in [3.63, 3.8) is 0 Å². The van der Waals surface area contributed by atoms with Gasteiger partial charge in [0.05, 0.1) is 29.0 Å². The van der Waals surface area contributed by atoms with Crippen LogP contribution < -0.4 is 0 Å². The van der Waals surface area contributed by atoms with Gasteiger partial charge in [0.25, 0.3) is 0 Å². The van der Waals surface area contributed by atoms with Crippen molar-refractivity contribution in [3.05, 3.63) is 84.7 Å². The number of nitrogens with zero attached hydrogens (tertiary/aromatic N) is 4. The number of imidazole rings is 2. The van der Waals surface area contributed by atoms with Crippen LogP contribution in [0.1, 0.15) is 105 Å². The average molecular weight is 727 g/mol. The maximum atomic E-state index is 13.2. The number of benzene rings is 3. The Balaban J connectivity index is 0.911. The summed E-state index contributed by atoms with van der Waals surface area (Å²) in [6.07, 6.45) is 6.22. The molecule has 0 unspecified atom stereocenters. The molecule has 10 heteroatoms. The minimum Gasteiger partial charge on any atom is -0.465 e. The number of H-pyrrole nitrogens is 2. The van der Waals surface area contributed by atoms with E-state index in [1.165, 1.54) is 0 Å². The predicted octanol–water partition coefficient (Wildman–Crippen LogP) is 10.4. The number of hydrogen-bond acceptors (Lipinski definition) is 5. The summed E-state index contributed by atoms with van der Waals surface area (Å²) in [6.45, 7) is 16.6. The number of piperidine rings is 2. The lowest BCUT2D eigenvalue weighted by Crippen LogP contribution is -2.49. The first-order valence-corrected chi connectivity index (χ1v) is 19.2. The second-order valence-corrected chi connectivity index (χ2v) is 18.9. The average Bonchev–Trinajstić information content (AvgIpc) is 3.54. The maximum absolute atomic E-state index is 13.2. The van der Waals surface area contributed by atoms with Gasteiger partial charge in [-0.2, -0.15) is 0 Å². The van der Waals surface area contributed by atoms with E-state index in [-0.39, 0.29) is 46.0 Å². The van der Waals surface area contributed by atoms with Crippen LogP contribution in [0.3, 0.4) is 0 Å². The lowest BCUT2D eigenvalue weighted by molar-refractivity contribution is 0.0174. The molecule has 3 aromatic carbocycles. The Morgan fingerprint density at radius 2 is 1.31 bits per heavy atom. The molecular formula is C44H50N6O4. The standard InChI is InChI=1S/C44H50N6O4/c1-40(2,3)44-24-43(44,8)20-34(50(44)38(51)52)37-46-22-31(47-37)26-11-9-25(10-12-26)27-13-14-29-18-30(16-15-28(29)17-27)32-23-45-36(48-32)33-19-42(7)21-35(42)49(33)39(53)54-41(4,5)6/h9-18,22-23,33-35H,19-21,24H2,1-8H3,(H,45,48)(H,46,47)(H,51,52)/t33-,34-,35+,42-,43+,44+/m0/s1. The van der Waals surface area contributed by atoms with Crippen molar-refractivity contribution in [2.24, 2.45) is 16.2 Å². The largest absolute Gasteiger partial charge is 0.465 e. The van der Waals surface area contributed by atoms with E-state index in [1.54, 1.807) is 4.90 Å². The zero-order valence-corrected chi connectivity index (χ0v) is 32.4. The number of rotatable bonds is 5. The molecule has 5 aromatic rings. The summed E-state index contributed by atoms with van der Waals surface area (Å²) >= 11 is 0. The Hall–Kier alpha value is -5.12. The predicted molar refractivity (Wildman–Crippen MR) is 209 cm³/mol. The number of aromatic amines is 2. The SMILES string of the molecule is CC(C)(C)OC(=O)N1[C@H](c2nc(-c3ccc4cc(-c5ccc(-c6c[nH]c([C@@H]7C[C@]8(C)C[C@]8(C(C)(C)C)N7C(=O)O)n6)cc5)ccc4c3)c[nH]2)C[C@@]2(C)C[C@@H]12. The molecular weight excluding hydrogens is 677 g/mol. The highest BCUT2D eigenvalue weighted by Gasteiger charge is 2.79. The van der Waals surface area contributed by atoms with Gasteiger partial charge in [-0.05, 0) is 96.7 Å². The lowest BCUT2D eigenvalue weighted by atomic mass is 9.79. The van der Waals surface area contributed by atoms with E-state index in [0.29, 0.717) is 5.82 Å². The summed E-state index contributed by atoms with van der Waals surface area (Å²) in [5, 5.41) is 12.6. The van der Waals surface area contributed by atoms with Crippen LogP contribution >= 0.6 is 0 Å². The fourth-order valence-electron chi connectivity index (χ4n) is 10.3. The third-order valence-electron chi connectivity index (χ3n) is 13.0. The third kappa shape index (κ3) is 5.27. The molecule has 280 valence electrons. The molecule has 0 radical (unpaired) electrons. The number of carbonyl (C=O) groups excluding carboxylic acids is 1. The van der Waals surface area contributed by atoms with Crippen LogP contribution in [-0.4, -0.2) is 64.2 Å². The summed E-state index contributed by atoms with van der Waals surface area (Å²) in [7, 11) is 0. The number of aromatic nitrogens is 4. The number of hydrogen-bond donors (Lipinski definition) is 3. The van der Waals surface area contributed by atoms with Gasteiger partial charge in [0.1, 0.15) is 17.2 Å². The molecule has 2 saturated carbocycles. The van der Waals surface area contributed by atoms with Crippen LogP contribution in [0.5, 0.6) is 0 Å². The van der Waals surface area contributed by atoms with Crippen molar-refractivity contribution in [1.82, 2.24) is 29.7 Å². The van der Waals surface area contributed by atoms with Gasteiger partial charge in [0.15, 0.2) is 0 Å². The molecule has 54 heavy (non-hydrogen) atoms. The molecule has 4 heterocycles. The normalized spacial score (nSPS) is 28.6. The molecule has 2 saturated heterocycles. The van der Waals surface area contributed by atoms with Crippen molar-refractivity contribution in [1.29, 1.82) is 0 Å². The molecule has 0 spiro atoms. The Kier molecular flexibility index (Phi) is 7.19. The number of likely N-dealkylation sites (tertiary alicyclic amines) is 2. The van der Waals surface area contributed by atoms with E-state index in [2.05, 4.69) is 105 Å². The van der Waals surface area contributed by atoms with Crippen LogP contribution in [0.2, 0.25) is 0 Å². The molecule has 2 amide bonds. The van der Waals surface area contributed by atoms with Crippen molar-refractivity contribution < 1.29 is 19.4 Å². The van der Waals surface area contributed by atoms with Crippen molar-refractivity contribution in [3.8, 4) is 33.6 Å². The summed E-state index contributed by atoms with van der Waals surface area (Å²) in [6, 6.07) is 21.1. The number of carboxylic acid groups (broad SMARTS) is 1. The molecule has 3 N–H and O–H groups in total. The maximum Gasteiger partial charge on any atom is 0.411 e. The van der Waals surface area contributed by atoms with Gasteiger partial charge < -0.3 is 19.8 Å². The first-order chi connectivity index (χ1) is 25.4. The number of amides is 2. The Morgan fingerprint density at radius 3 is 1.93 bits per heavy atom. The van der Waals surface area contributed by atoms with Crippen molar-refractivity contribution in [2.75, 3.05) is 0 Å².